The summed E-state index contributed by atoms with van der Waals surface area (Å²) >= 11 is 5.56. The van der Waals surface area contributed by atoms with Crippen LogP contribution in [0.5, 0.6) is 0 Å². The SMILES string of the molecule is CCN(CCCl)C(=O)CC(C)C. The minimum atomic E-state index is 0.216. The zero-order valence-corrected chi connectivity index (χ0v) is 8.90. The van der Waals surface area contributed by atoms with Crippen LogP contribution in [0.15, 0.2) is 0 Å². The van der Waals surface area contributed by atoms with E-state index >= 15 is 0 Å². The molecule has 2 nitrogen and oxygen atoms in total. The highest BCUT2D eigenvalue weighted by Gasteiger charge is 2.11. The summed E-state index contributed by atoms with van der Waals surface area (Å²) in [5, 5.41) is 0. The summed E-state index contributed by atoms with van der Waals surface area (Å²) in [5.41, 5.74) is 0. The third kappa shape index (κ3) is 4.60. The van der Waals surface area contributed by atoms with Crippen molar-refractivity contribution in [3.63, 3.8) is 0 Å². The largest absolute Gasteiger partial charge is 0.342 e. The monoisotopic (exact) mass is 191 g/mol. The highest BCUT2D eigenvalue weighted by atomic mass is 35.5. The van der Waals surface area contributed by atoms with Crippen LogP contribution < -0.4 is 0 Å². The van der Waals surface area contributed by atoms with Crippen LogP contribution in [-0.2, 0) is 4.79 Å². The molecule has 0 heterocycles. The predicted molar refractivity (Wildman–Crippen MR) is 52.4 cm³/mol. The molecule has 0 N–H and O–H groups in total. The molecule has 0 aliphatic carbocycles. The predicted octanol–water partition coefficient (Wildman–Crippen LogP) is 2.12. The summed E-state index contributed by atoms with van der Waals surface area (Å²) in [6.07, 6.45) is 0.630. The number of hydrogen-bond donors (Lipinski definition) is 0. The van der Waals surface area contributed by atoms with Crippen LogP contribution in [0.2, 0.25) is 0 Å². The van der Waals surface area contributed by atoms with Gasteiger partial charge >= 0.3 is 0 Å². The Hall–Kier alpha value is -0.240. The zero-order valence-electron chi connectivity index (χ0n) is 8.14. The van der Waals surface area contributed by atoms with Gasteiger partial charge in [0.15, 0.2) is 0 Å². The summed E-state index contributed by atoms with van der Waals surface area (Å²) < 4.78 is 0. The van der Waals surface area contributed by atoms with Gasteiger partial charge in [0.25, 0.3) is 0 Å². The Morgan fingerprint density at radius 1 is 1.50 bits per heavy atom. The molecular weight excluding hydrogens is 174 g/mol. The van der Waals surface area contributed by atoms with Crippen LogP contribution in [0.1, 0.15) is 27.2 Å². The van der Waals surface area contributed by atoms with Gasteiger partial charge in [0.2, 0.25) is 5.91 Å². The lowest BCUT2D eigenvalue weighted by atomic mass is 10.1. The van der Waals surface area contributed by atoms with E-state index in [0.717, 1.165) is 6.54 Å². The molecule has 0 bridgehead atoms. The minimum absolute atomic E-state index is 0.216. The lowest BCUT2D eigenvalue weighted by Crippen LogP contribution is -2.33. The van der Waals surface area contributed by atoms with Crippen molar-refractivity contribution in [3.05, 3.63) is 0 Å². The molecule has 0 aliphatic rings. The van der Waals surface area contributed by atoms with E-state index in [-0.39, 0.29) is 5.91 Å². The molecule has 0 spiro atoms. The number of alkyl halides is 1. The molecule has 0 atom stereocenters. The fourth-order valence-electron chi connectivity index (χ4n) is 1.04. The first-order valence-corrected chi connectivity index (χ1v) is 4.99. The van der Waals surface area contributed by atoms with Gasteiger partial charge in [-0.2, -0.15) is 0 Å². The summed E-state index contributed by atoms with van der Waals surface area (Å²) in [4.78, 5) is 13.2. The van der Waals surface area contributed by atoms with E-state index in [1.165, 1.54) is 0 Å². The first-order chi connectivity index (χ1) is 5.61. The number of amides is 1. The standard InChI is InChI=1S/C9H18ClNO/c1-4-11(6-5-10)9(12)7-8(2)3/h8H,4-7H2,1-3H3. The molecule has 0 saturated carbocycles. The van der Waals surface area contributed by atoms with Gasteiger partial charge in [-0.25, -0.2) is 0 Å². The molecule has 0 aromatic heterocycles. The Morgan fingerprint density at radius 2 is 2.08 bits per heavy atom. The highest BCUT2D eigenvalue weighted by molar-refractivity contribution is 6.18. The van der Waals surface area contributed by atoms with Gasteiger partial charge in [-0.3, -0.25) is 4.79 Å². The Balaban J connectivity index is 3.85. The van der Waals surface area contributed by atoms with Gasteiger partial charge in [-0.1, -0.05) is 13.8 Å². The normalized spacial score (nSPS) is 10.4. The molecule has 0 rings (SSSR count). The van der Waals surface area contributed by atoms with Crippen LogP contribution in [0.3, 0.4) is 0 Å². The summed E-state index contributed by atoms with van der Waals surface area (Å²) in [6.45, 7) is 7.51. The maximum atomic E-state index is 11.4. The second kappa shape index (κ2) is 6.30. The summed E-state index contributed by atoms with van der Waals surface area (Å²) in [6, 6.07) is 0. The summed E-state index contributed by atoms with van der Waals surface area (Å²) in [7, 11) is 0. The van der Waals surface area contributed by atoms with Crippen LogP contribution >= 0.6 is 11.6 Å². The van der Waals surface area contributed by atoms with Crippen LogP contribution in [0.4, 0.5) is 0 Å². The van der Waals surface area contributed by atoms with Crippen molar-refractivity contribution in [2.45, 2.75) is 27.2 Å². The second-order valence-electron chi connectivity index (χ2n) is 3.26. The quantitative estimate of drug-likeness (QED) is 0.610. The van der Waals surface area contributed by atoms with Gasteiger partial charge in [0.05, 0.1) is 0 Å². The fraction of sp³-hybridized carbons (Fsp3) is 0.889. The van der Waals surface area contributed by atoms with Crippen LogP contribution in [0.25, 0.3) is 0 Å². The Kier molecular flexibility index (Phi) is 6.17. The van der Waals surface area contributed by atoms with Crippen LogP contribution in [0, 0.1) is 5.92 Å². The molecule has 12 heavy (non-hydrogen) atoms. The number of carbonyl (C=O) groups excluding carboxylic acids is 1. The molecule has 0 saturated heterocycles. The number of nitrogens with zero attached hydrogens (tertiary/aromatic N) is 1. The number of hydrogen-bond acceptors (Lipinski definition) is 1. The molecule has 0 fully saturated rings. The third-order valence-electron chi connectivity index (χ3n) is 1.67. The van der Waals surface area contributed by atoms with E-state index in [1.807, 2.05) is 20.8 Å². The average Bonchev–Trinajstić information content (AvgIpc) is 1.98. The highest BCUT2D eigenvalue weighted by Crippen LogP contribution is 2.03. The smallest absolute Gasteiger partial charge is 0.222 e. The first kappa shape index (κ1) is 11.8. The number of halogens is 1. The molecule has 0 aliphatic heterocycles. The van der Waals surface area contributed by atoms with E-state index in [1.54, 1.807) is 4.90 Å². The number of rotatable bonds is 5. The van der Waals surface area contributed by atoms with Gasteiger partial charge < -0.3 is 4.90 Å². The molecule has 3 heteroatoms. The third-order valence-corrected chi connectivity index (χ3v) is 1.84. The molecule has 0 aromatic rings. The molecule has 0 radical (unpaired) electrons. The number of carbonyl (C=O) groups is 1. The summed E-state index contributed by atoms with van der Waals surface area (Å²) in [5.74, 6) is 1.17. The van der Waals surface area contributed by atoms with Crippen molar-refractivity contribution >= 4 is 17.5 Å². The van der Waals surface area contributed by atoms with Gasteiger partial charge in [0.1, 0.15) is 0 Å². The van der Waals surface area contributed by atoms with E-state index in [0.29, 0.717) is 24.8 Å². The molecule has 1 amide bonds. The fourth-order valence-corrected chi connectivity index (χ4v) is 1.24. The van der Waals surface area contributed by atoms with Crippen molar-refractivity contribution in [1.82, 2.24) is 4.90 Å². The second-order valence-corrected chi connectivity index (χ2v) is 3.64. The van der Waals surface area contributed by atoms with Crippen molar-refractivity contribution in [2.24, 2.45) is 5.92 Å². The van der Waals surface area contributed by atoms with E-state index in [2.05, 4.69) is 0 Å². The minimum Gasteiger partial charge on any atom is -0.342 e. The van der Waals surface area contributed by atoms with E-state index in [9.17, 15) is 4.79 Å². The van der Waals surface area contributed by atoms with Gasteiger partial charge in [-0.05, 0) is 12.8 Å². The van der Waals surface area contributed by atoms with Crippen LogP contribution in [-0.4, -0.2) is 29.8 Å². The van der Waals surface area contributed by atoms with Crippen molar-refractivity contribution < 1.29 is 4.79 Å². The molecule has 0 unspecified atom stereocenters. The molecular formula is C9H18ClNO. The Bertz CT molecular complexity index is 136. The zero-order chi connectivity index (χ0) is 9.56. The maximum Gasteiger partial charge on any atom is 0.222 e. The van der Waals surface area contributed by atoms with E-state index < -0.39 is 0 Å². The maximum absolute atomic E-state index is 11.4. The molecule has 0 aromatic carbocycles. The van der Waals surface area contributed by atoms with Crippen molar-refractivity contribution in [1.29, 1.82) is 0 Å². The molecule has 72 valence electrons. The Labute approximate surface area is 79.9 Å². The lowest BCUT2D eigenvalue weighted by molar-refractivity contribution is -0.131. The van der Waals surface area contributed by atoms with Crippen molar-refractivity contribution in [2.75, 3.05) is 19.0 Å². The topological polar surface area (TPSA) is 20.3 Å². The van der Waals surface area contributed by atoms with Crippen molar-refractivity contribution in [3.8, 4) is 0 Å². The van der Waals surface area contributed by atoms with Gasteiger partial charge in [-0.15, -0.1) is 11.6 Å². The van der Waals surface area contributed by atoms with Gasteiger partial charge in [0, 0.05) is 25.4 Å². The average molecular weight is 192 g/mol. The lowest BCUT2D eigenvalue weighted by Gasteiger charge is -2.20. The Morgan fingerprint density at radius 3 is 2.42 bits per heavy atom. The first-order valence-electron chi connectivity index (χ1n) is 4.45. The van der Waals surface area contributed by atoms with E-state index in [4.69, 9.17) is 11.6 Å².